The molecule has 0 aliphatic rings. The molecule has 1 atom stereocenters. The minimum absolute atomic E-state index is 0.447. The summed E-state index contributed by atoms with van der Waals surface area (Å²) in [6.07, 6.45) is 3.44. The highest BCUT2D eigenvalue weighted by molar-refractivity contribution is 5.57. The van der Waals surface area contributed by atoms with Gasteiger partial charge in [-0.2, -0.15) is 0 Å². The molecule has 1 heterocycles. The smallest absolute Gasteiger partial charge is 0.134 e. The standard InChI is InChI=1S/C15H29N5O/c1-6-8-16-13-12(7-2)14(19-11-18-13)17-9-15(3,21)10-20(4)5/h11,21H,6-10H2,1-5H3,(H2,16,17,18,19). The Balaban J connectivity index is 2.78. The van der Waals surface area contributed by atoms with Crippen LogP contribution in [0, 0.1) is 0 Å². The van der Waals surface area contributed by atoms with Gasteiger partial charge in [0.05, 0.1) is 5.60 Å². The number of likely N-dealkylation sites (N-methyl/N-ethyl adjacent to an activating group) is 1. The number of rotatable bonds is 9. The third-order valence-electron chi connectivity index (χ3n) is 3.13. The van der Waals surface area contributed by atoms with Gasteiger partial charge in [0.25, 0.3) is 0 Å². The summed E-state index contributed by atoms with van der Waals surface area (Å²) in [5.41, 5.74) is 0.253. The monoisotopic (exact) mass is 295 g/mol. The Morgan fingerprint density at radius 1 is 1.19 bits per heavy atom. The largest absolute Gasteiger partial charge is 0.387 e. The van der Waals surface area contributed by atoms with Crippen LogP contribution in [0.15, 0.2) is 6.33 Å². The van der Waals surface area contributed by atoms with Crippen molar-refractivity contribution in [3.63, 3.8) is 0 Å². The van der Waals surface area contributed by atoms with Crippen LogP contribution >= 0.6 is 0 Å². The molecular formula is C15H29N5O. The van der Waals surface area contributed by atoms with E-state index in [1.165, 1.54) is 0 Å². The van der Waals surface area contributed by atoms with Crippen molar-refractivity contribution >= 4 is 11.6 Å². The number of aliphatic hydroxyl groups is 1. The minimum Gasteiger partial charge on any atom is -0.387 e. The van der Waals surface area contributed by atoms with Crippen molar-refractivity contribution in [1.82, 2.24) is 14.9 Å². The summed E-state index contributed by atoms with van der Waals surface area (Å²) in [4.78, 5) is 10.6. The number of nitrogens with one attached hydrogen (secondary N) is 2. The van der Waals surface area contributed by atoms with Gasteiger partial charge in [0, 0.05) is 25.2 Å². The van der Waals surface area contributed by atoms with Gasteiger partial charge in [0.2, 0.25) is 0 Å². The van der Waals surface area contributed by atoms with Gasteiger partial charge in [-0.15, -0.1) is 0 Å². The Kier molecular flexibility index (Phi) is 6.84. The summed E-state index contributed by atoms with van der Waals surface area (Å²) in [6.45, 7) is 7.96. The molecular weight excluding hydrogens is 266 g/mol. The SMILES string of the molecule is CCCNc1ncnc(NCC(C)(O)CN(C)C)c1CC. The Hall–Kier alpha value is -1.40. The molecule has 0 bridgehead atoms. The lowest BCUT2D eigenvalue weighted by Gasteiger charge is -2.27. The van der Waals surface area contributed by atoms with Gasteiger partial charge in [-0.05, 0) is 33.9 Å². The maximum absolute atomic E-state index is 10.4. The van der Waals surface area contributed by atoms with Crippen LogP contribution in [-0.2, 0) is 6.42 Å². The van der Waals surface area contributed by atoms with Crippen molar-refractivity contribution in [2.75, 3.05) is 44.4 Å². The topological polar surface area (TPSA) is 73.3 Å². The summed E-state index contributed by atoms with van der Waals surface area (Å²) >= 11 is 0. The highest BCUT2D eigenvalue weighted by Crippen LogP contribution is 2.21. The zero-order valence-electron chi connectivity index (χ0n) is 13.9. The number of hydrogen-bond acceptors (Lipinski definition) is 6. The molecule has 0 aliphatic heterocycles. The molecule has 0 saturated carbocycles. The maximum Gasteiger partial charge on any atom is 0.134 e. The zero-order chi connectivity index (χ0) is 15.9. The van der Waals surface area contributed by atoms with Crippen LogP contribution in [0.2, 0.25) is 0 Å². The van der Waals surface area contributed by atoms with Crippen molar-refractivity contribution in [2.45, 2.75) is 39.2 Å². The first-order chi connectivity index (χ1) is 9.89. The average Bonchev–Trinajstić information content (AvgIpc) is 2.41. The maximum atomic E-state index is 10.4. The summed E-state index contributed by atoms with van der Waals surface area (Å²) in [5, 5.41) is 16.9. The van der Waals surface area contributed by atoms with Gasteiger partial charge in [-0.3, -0.25) is 0 Å². The van der Waals surface area contributed by atoms with Gasteiger partial charge in [-0.25, -0.2) is 9.97 Å². The Morgan fingerprint density at radius 2 is 1.81 bits per heavy atom. The highest BCUT2D eigenvalue weighted by Gasteiger charge is 2.22. The molecule has 0 fully saturated rings. The second kappa shape index (κ2) is 8.14. The molecule has 3 N–H and O–H groups in total. The molecule has 1 rings (SSSR count). The second-order valence-corrected chi connectivity index (χ2v) is 5.92. The van der Waals surface area contributed by atoms with Crippen LogP contribution in [0.1, 0.15) is 32.8 Å². The first kappa shape index (κ1) is 17.7. The summed E-state index contributed by atoms with van der Waals surface area (Å²) in [6, 6.07) is 0. The third-order valence-corrected chi connectivity index (χ3v) is 3.13. The molecule has 6 heteroatoms. The van der Waals surface area contributed by atoms with E-state index in [4.69, 9.17) is 0 Å². The van der Waals surface area contributed by atoms with E-state index in [1.54, 1.807) is 6.33 Å². The molecule has 0 aromatic carbocycles. The summed E-state index contributed by atoms with van der Waals surface area (Å²) < 4.78 is 0. The molecule has 0 radical (unpaired) electrons. The lowest BCUT2D eigenvalue weighted by atomic mass is 10.1. The highest BCUT2D eigenvalue weighted by atomic mass is 16.3. The average molecular weight is 295 g/mol. The molecule has 6 nitrogen and oxygen atoms in total. The molecule has 0 saturated heterocycles. The zero-order valence-corrected chi connectivity index (χ0v) is 13.9. The molecule has 0 aliphatic carbocycles. The molecule has 1 aromatic heterocycles. The summed E-state index contributed by atoms with van der Waals surface area (Å²) in [5.74, 6) is 1.68. The van der Waals surface area contributed by atoms with Gasteiger partial charge in [-0.1, -0.05) is 13.8 Å². The Morgan fingerprint density at radius 3 is 2.33 bits per heavy atom. The molecule has 0 amide bonds. The van der Waals surface area contributed by atoms with Crippen molar-refractivity contribution < 1.29 is 5.11 Å². The lowest BCUT2D eigenvalue weighted by molar-refractivity contribution is 0.0459. The number of aromatic nitrogens is 2. The van der Waals surface area contributed by atoms with E-state index in [-0.39, 0.29) is 0 Å². The third kappa shape index (κ3) is 5.85. The quantitative estimate of drug-likeness (QED) is 0.642. The fourth-order valence-corrected chi connectivity index (χ4v) is 2.31. The van der Waals surface area contributed by atoms with E-state index >= 15 is 0 Å². The van der Waals surface area contributed by atoms with Crippen molar-refractivity contribution in [2.24, 2.45) is 0 Å². The van der Waals surface area contributed by atoms with Gasteiger partial charge < -0.3 is 20.6 Å². The van der Waals surface area contributed by atoms with E-state index in [9.17, 15) is 5.11 Å². The fraction of sp³-hybridized carbons (Fsp3) is 0.733. The Labute approximate surface area is 128 Å². The fourth-order valence-electron chi connectivity index (χ4n) is 2.31. The minimum atomic E-state index is -0.809. The van der Waals surface area contributed by atoms with Gasteiger partial charge >= 0.3 is 0 Å². The van der Waals surface area contributed by atoms with E-state index in [0.29, 0.717) is 13.1 Å². The van der Waals surface area contributed by atoms with Crippen LogP contribution in [0.4, 0.5) is 11.6 Å². The molecule has 1 aromatic rings. The van der Waals surface area contributed by atoms with E-state index in [2.05, 4.69) is 34.4 Å². The van der Waals surface area contributed by atoms with Crippen molar-refractivity contribution in [1.29, 1.82) is 0 Å². The number of anilines is 2. The van der Waals surface area contributed by atoms with Gasteiger partial charge in [0.1, 0.15) is 18.0 Å². The number of hydrogen-bond donors (Lipinski definition) is 3. The van der Waals surface area contributed by atoms with Crippen molar-refractivity contribution in [3.8, 4) is 0 Å². The van der Waals surface area contributed by atoms with Crippen LogP contribution in [0.3, 0.4) is 0 Å². The predicted molar refractivity (Wildman–Crippen MR) is 87.9 cm³/mol. The first-order valence-corrected chi connectivity index (χ1v) is 7.58. The molecule has 1 unspecified atom stereocenters. The van der Waals surface area contributed by atoms with E-state index < -0.39 is 5.60 Å². The lowest BCUT2D eigenvalue weighted by Crippen LogP contribution is -2.43. The van der Waals surface area contributed by atoms with Crippen LogP contribution in [0.5, 0.6) is 0 Å². The number of nitrogens with zero attached hydrogens (tertiary/aromatic N) is 3. The molecule has 120 valence electrons. The molecule has 0 spiro atoms. The Bertz CT molecular complexity index is 434. The van der Waals surface area contributed by atoms with Crippen LogP contribution < -0.4 is 10.6 Å². The second-order valence-electron chi connectivity index (χ2n) is 5.92. The van der Waals surface area contributed by atoms with E-state index in [0.717, 1.165) is 36.6 Å². The van der Waals surface area contributed by atoms with E-state index in [1.807, 2.05) is 25.9 Å². The summed E-state index contributed by atoms with van der Waals surface area (Å²) in [7, 11) is 3.90. The first-order valence-electron chi connectivity index (χ1n) is 7.58. The van der Waals surface area contributed by atoms with Crippen molar-refractivity contribution in [3.05, 3.63) is 11.9 Å². The molecule has 21 heavy (non-hydrogen) atoms. The van der Waals surface area contributed by atoms with Crippen LogP contribution in [-0.4, -0.2) is 59.3 Å². The predicted octanol–water partition coefficient (Wildman–Crippen LogP) is 1.59. The normalized spacial score (nSPS) is 14.0. The van der Waals surface area contributed by atoms with Crippen LogP contribution in [0.25, 0.3) is 0 Å². The van der Waals surface area contributed by atoms with Gasteiger partial charge in [0.15, 0.2) is 0 Å².